The molecule has 1 amide bonds. The zero-order valence-corrected chi connectivity index (χ0v) is 10.7. The van der Waals surface area contributed by atoms with Crippen molar-refractivity contribution < 1.29 is 4.79 Å². The molecule has 16 heavy (non-hydrogen) atoms. The third kappa shape index (κ3) is 4.34. The molecule has 1 atom stereocenters. The van der Waals surface area contributed by atoms with Crippen LogP contribution < -0.4 is 10.6 Å². The van der Waals surface area contributed by atoms with Crippen LogP contribution in [0.15, 0.2) is 0 Å². The highest BCUT2D eigenvalue weighted by molar-refractivity contribution is 7.99. The summed E-state index contributed by atoms with van der Waals surface area (Å²) >= 11 is 1.98. The molecule has 2 rings (SSSR count). The fourth-order valence-electron chi connectivity index (χ4n) is 1.98. The molecule has 2 fully saturated rings. The highest BCUT2D eigenvalue weighted by atomic mass is 32.2. The monoisotopic (exact) mass is 242 g/mol. The van der Waals surface area contributed by atoms with Gasteiger partial charge in [-0.05, 0) is 43.9 Å². The van der Waals surface area contributed by atoms with E-state index in [1.165, 1.54) is 31.4 Å². The van der Waals surface area contributed by atoms with Crippen molar-refractivity contribution in [3.8, 4) is 0 Å². The molecule has 1 saturated heterocycles. The molecule has 0 aromatic rings. The van der Waals surface area contributed by atoms with Crippen molar-refractivity contribution in [1.82, 2.24) is 10.6 Å². The lowest BCUT2D eigenvalue weighted by molar-refractivity contribution is -0.123. The summed E-state index contributed by atoms with van der Waals surface area (Å²) < 4.78 is 0. The highest BCUT2D eigenvalue weighted by Gasteiger charge is 2.21. The first-order valence-corrected chi connectivity index (χ1v) is 7.60. The van der Waals surface area contributed by atoms with E-state index in [-0.39, 0.29) is 11.9 Å². The number of thioether (sulfide) groups is 1. The second-order valence-corrected chi connectivity index (χ2v) is 5.96. The lowest BCUT2D eigenvalue weighted by atomic mass is 10.0. The van der Waals surface area contributed by atoms with E-state index in [1.54, 1.807) is 0 Å². The van der Waals surface area contributed by atoms with Crippen molar-refractivity contribution in [3.05, 3.63) is 0 Å². The van der Waals surface area contributed by atoms with E-state index in [0.29, 0.717) is 0 Å². The Hall–Kier alpha value is -0.220. The molecule has 3 nitrogen and oxygen atoms in total. The number of amides is 1. The molecule has 0 spiro atoms. The maximum absolute atomic E-state index is 11.7. The van der Waals surface area contributed by atoms with Gasteiger partial charge in [0.2, 0.25) is 5.91 Å². The van der Waals surface area contributed by atoms with Gasteiger partial charge in [0.1, 0.15) is 0 Å². The van der Waals surface area contributed by atoms with Crippen molar-refractivity contribution in [2.75, 3.05) is 24.6 Å². The van der Waals surface area contributed by atoms with E-state index in [0.717, 1.165) is 31.2 Å². The average molecular weight is 242 g/mol. The normalized spacial score (nSPS) is 25.4. The molecular weight excluding hydrogens is 220 g/mol. The molecular formula is C12H22N2OS. The minimum absolute atomic E-state index is 0.0715. The maximum atomic E-state index is 11.7. The predicted octanol–water partition coefficient (Wildman–Crippen LogP) is 1.39. The van der Waals surface area contributed by atoms with Gasteiger partial charge in [-0.2, -0.15) is 11.8 Å². The van der Waals surface area contributed by atoms with Crippen LogP contribution in [-0.4, -0.2) is 36.5 Å². The van der Waals surface area contributed by atoms with E-state index < -0.39 is 0 Å². The molecule has 2 aliphatic rings. The predicted molar refractivity (Wildman–Crippen MR) is 68.7 cm³/mol. The largest absolute Gasteiger partial charge is 0.354 e. The Morgan fingerprint density at radius 3 is 2.88 bits per heavy atom. The molecule has 0 unspecified atom stereocenters. The summed E-state index contributed by atoms with van der Waals surface area (Å²) in [5.74, 6) is 3.54. The molecule has 4 heteroatoms. The summed E-state index contributed by atoms with van der Waals surface area (Å²) in [4.78, 5) is 11.7. The number of hydrogen-bond acceptors (Lipinski definition) is 3. The molecule has 2 N–H and O–H groups in total. The lowest BCUT2D eigenvalue weighted by Crippen LogP contribution is -2.47. The Bertz CT molecular complexity index is 225. The number of hydrogen-bond donors (Lipinski definition) is 2. The summed E-state index contributed by atoms with van der Waals surface area (Å²) in [5, 5.41) is 6.29. The second-order valence-electron chi connectivity index (χ2n) is 4.81. The van der Waals surface area contributed by atoms with Crippen LogP contribution in [-0.2, 0) is 4.79 Å². The quantitative estimate of drug-likeness (QED) is 0.692. The van der Waals surface area contributed by atoms with E-state index >= 15 is 0 Å². The zero-order chi connectivity index (χ0) is 11.2. The second kappa shape index (κ2) is 6.50. The topological polar surface area (TPSA) is 41.1 Å². The Balaban J connectivity index is 1.48. The van der Waals surface area contributed by atoms with Gasteiger partial charge in [0, 0.05) is 12.3 Å². The Morgan fingerprint density at radius 2 is 2.19 bits per heavy atom. The van der Waals surface area contributed by atoms with Crippen LogP contribution in [0.3, 0.4) is 0 Å². The fourth-order valence-corrected chi connectivity index (χ4v) is 3.06. The van der Waals surface area contributed by atoms with Crippen LogP contribution in [0.2, 0.25) is 0 Å². The SMILES string of the molecule is O=C(NCCSCC1CC1)[C@H]1CCCCN1. The molecule has 0 aromatic heterocycles. The minimum atomic E-state index is 0.0715. The number of nitrogens with one attached hydrogen (secondary N) is 2. The standard InChI is InChI=1S/C12H22N2OS/c15-12(11-3-1-2-6-13-11)14-7-8-16-9-10-4-5-10/h10-11,13H,1-9H2,(H,14,15)/t11-/m1/s1. The van der Waals surface area contributed by atoms with Gasteiger partial charge in [0.05, 0.1) is 6.04 Å². The van der Waals surface area contributed by atoms with Crippen molar-refractivity contribution in [2.24, 2.45) is 5.92 Å². The van der Waals surface area contributed by atoms with E-state index in [2.05, 4.69) is 10.6 Å². The van der Waals surface area contributed by atoms with Gasteiger partial charge in [0.15, 0.2) is 0 Å². The summed E-state index contributed by atoms with van der Waals surface area (Å²) in [6.07, 6.45) is 6.24. The van der Waals surface area contributed by atoms with Gasteiger partial charge in [-0.25, -0.2) is 0 Å². The minimum Gasteiger partial charge on any atom is -0.354 e. The van der Waals surface area contributed by atoms with Crippen LogP contribution in [0.25, 0.3) is 0 Å². The average Bonchev–Trinajstić information content (AvgIpc) is 3.13. The fraction of sp³-hybridized carbons (Fsp3) is 0.917. The summed E-state index contributed by atoms with van der Waals surface area (Å²) in [6.45, 7) is 1.82. The van der Waals surface area contributed by atoms with Crippen molar-refractivity contribution in [3.63, 3.8) is 0 Å². The third-order valence-corrected chi connectivity index (χ3v) is 4.42. The lowest BCUT2D eigenvalue weighted by Gasteiger charge is -2.22. The summed E-state index contributed by atoms with van der Waals surface area (Å²) in [5.41, 5.74) is 0. The van der Waals surface area contributed by atoms with Gasteiger partial charge in [0.25, 0.3) is 0 Å². The number of rotatable bonds is 6. The van der Waals surface area contributed by atoms with Crippen LogP contribution in [0.4, 0.5) is 0 Å². The molecule has 1 aliphatic heterocycles. The van der Waals surface area contributed by atoms with Crippen LogP contribution in [0.5, 0.6) is 0 Å². The van der Waals surface area contributed by atoms with Crippen LogP contribution in [0, 0.1) is 5.92 Å². The first-order valence-electron chi connectivity index (χ1n) is 6.45. The molecule has 0 radical (unpaired) electrons. The summed E-state index contributed by atoms with van der Waals surface area (Å²) in [6, 6.07) is 0.0715. The van der Waals surface area contributed by atoms with Gasteiger partial charge in [-0.15, -0.1) is 0 Å². The first kappa shape index (κ1) is 12.2. The maximum Gasteiger partial charge on any atom is 0.237 e. The highest BCUT2D eigenvalue weighted by Crippen LogP contribution is 2.32. The Morgan fingerprint density at radius 1 is 1.31 bits per heavy atom. The molecule has 0 aromatic carbocycles. The van der Waals surface area contributed by atoms with Crippen LogP contribution >= 0.6 is 11.8 Å². The zero-order valence-electron chi connectivity index (χ0n) is 9.84. The molecule has 92 valence electrons. The Labute approximate surface area is 102 Å². The van der Waals surface area contributed by atoms with E-state index in [9.17, 15) is 4.79 Å². The molecule has 1 saturated carbocycles. The number of carbonyl (C=O) groups is 1. The summed E-state index contributed by atoms with van der Waals surface area (Å²) in [7, 11) is 0. The van der Waals surface area contributed by atoms with Crippen molar-refractivity contribution >= 4 is 17.7 Å². The third-order valence-electron chi connectivity index (χ3n) is 3.22. The van der Waals surface area contributed by atoms with Crippen molar-refractivity contribution in [2.45, 2.75) is 38.1 Å². The number of carbonyl (C=O) groups excluding carboxylic acids is 1. The van der Waals surface area contributed by atoms with Crippen molar-refractivity contribution in [1.29, 1.82) is 0 Å². The van der Waals surface area contributed by atoms with E-state index in [4.69, 9.17) is 0 Å². The Kier molecular flexibility index (Phi) is 4.97. The molecule has 1 aliphatic carbocycles. The van der Waals surface area contributed by atoms with Gasteiger partial charge in [-0.1, -0.05) is 6.42 Å². The van der Waals surface area contributed by atoms with Gasteiger partial charge in [-0.3, -0.25) is 4.79 Å². The number of piperidine rings is 1. The molecule has 0 bridgehead atoms. The van der Waals surface area contributed by atoms with Gasteiger partial charge >= 0.3 is 0 Å². The van der Waals surface area contributed by atoms with Crippen LogP contribution in [0.1, 0.15) is 32.1 Å². The molecule has 1 heterocycles. The van der Waals surface area contributed by atoms with E-state index in [1.807, 2.05) is 11.8 Å². The van der Waals surface area contributed by atoms with Gasteiger partial charge < -0.3 is 10.6 Å². The first-order chi connectivity index (χ1) is 7.86. The smallest absolute Gasteiger partial charge is 0.237 e.